The predicted octanol–water partition coefficient (Wildman–Crippen LogP) is 3.07. The summed E-state index contributed by atoms with van der Waals surface area (Å²) in [5, 5.41) is 0. The summed E-state index contributed by atoms with van der Waals surface area (Å²) >= 11 is 0. The molecule has 0 saturated carbocycles. The van der Waals surface area contributed by atoms with Gasteiger partial charge in [-0.3, -0.25) is 4.57 Å². The molecule has 0 spiro atoms. The largest absolute Gasteiger partial charge is 0.376 e. The smallest absolute Gasteiger partial charge is 0.371 e. The minimum absolute atomic E-state index is 0.381. The highest BCUT2D eigenvalue weighted by Gasteiger charge is 2.30. The molecule has 0 amide bonds. The van der Waals surface area contributed by atoms with E-state index in [2.05, 4.69) is 0 Å². The lowest BCUT2D eigenvalue weighted by Gasteiger charge is -2.25. The highest BCUT2D eigenvalue weighted by atomic mass is 31.2. The van der Waals surface area contributed by atoms with Gasteiger partial charge in [0.05, 0.1) is 13.2 Å². The zero-order valence-electron chi connectivity index (χ0n) is 10.3. The second kappa shape index (κ2) is 7.04. The highest BCUT2D eigenvalue weighted by Crippen LogP contribution is 2.56. The summed E-state index contributed by atoms with van der Waals surface area (Å²) < 4.78 is 22.9. The molecule has 0 N–H and O–H groups in total. The monoisotopic (exact) mass is 235 g/mol. The molecule has 0 aromatic rings. The normalized spacial score (nSPS) is 13.0. The van der Waals surface area contributed by atoms with E-state index in [9.17, 15) is 4.57 Å². The molecule has 0 aliphatic rings. The van der Waals surface area contributed by atoms with E-state index in [1.165, 1.54) is 0 Å². The maximum Gasteiger partial charge on any atom is 0.376 e. The van der Waals surface area contributed by atoms with E-state index in [1.807, 2.05) is 40.9 Å². The fourth-order valence-corrected chi connectivity index (χ4v) is 3.15. The van der Waals surface area contributed by atoms with Gasteiger partial charge >= 0.3 is 7.60 Å². The van der Waals surface area contributed by atoms with Gasteiger partial charge in [-0.25, -0.2) is 0 Å². The first kappa shape index (κ1) is 14.7. The van der Waals surface area contributed by atoms with Crippen molar-refractivity contribution >= 4 is 7.60 Å². The number of rotatable bonds is 7. The minimum atomic E-state index is -3.12. The van der Waals surface area contributed by atoms with Gasteiger partial charge in [-0.05, 0) is 20.3 Å². The molecular weight excluding hydrogens is 213 g/mol. The fourth-order valence-electron chi connectivity index (χ4n) is 1.23. The summed E-state index contributed by atoms with van der Waals surface area (Å²) in [6.45, 7) is 6.37. The van der Waals surface area contributed by atoms with E-state index in [1.54, 1.807) is 4.90 Å². The van der Waals surface area contributed by atoms with Crippen LogP contribution in [-0.4, -0.2) is 32.2 Å². The highest BCUT2D eigenvalue weighted by molar-refractivity contribution is 7.58. The molecule has 15 heavy (non-hydrogen) atoms. The van der Waals surface area contributed by atoms with Crippen molar-refractivity contribution in [3.05, 3.63) is 11.5 Å². The SMILES string of the molecule is CC/C=C(/N(C)C)P(=O)(OCC)OCC. The van der Waals surface area contributed by atoms with Crippen LogP contribution in [0, 0.1) is 0 Å². The van der Waals surface area contributed by atoms with Crippen LogP contribution in [0.1, 0.15) is 27.2 Å². The van der Waals surface area contributed by atoms with Crippen LogP contribution < -0.4 is 0 Å². The molecule has 0 aliphatic heterocycles. The molecule has 0 radical (unpaired) electrons. The first-order valence-electron chi connectivity index (χ1n) is 5.28. The standard InChI is InChI=1S/C10H22NO3P/c1-6-9-10(11(4)5)15(12,13-7-2)14-8-3/h9H,6-8H2,1-5H3/b10-9-. The van der Waals surface area contributed by atoms with E-state index in [-0.39, 0.29) is 0 Å². The van der Waals surface area contributed by atoms with Crippen molar-refractivity contribution in [1.82, 2.24) is 4.90 Å². The van der Waals surface area contributed by atoms with Crippen molar-refractivity contribution in [3.8, 4) is 0 Å². The van der Waals surface area contributed by atoms with Crippen LogP contribution in [0.5, 0.6) is 0 Å². The summed E-state index contributed by atoms with van der Waals surface area (Å²) in [4.78, 5) is 1.79. The molecule has 0 aromatic carbocycles. The molecular formula is C10H22NO3P. The first-order chi connectivity index (χ1) is 7.01. The van der Waals surface area contributed by atoms with Gasteiger partial charge in [0.1, 0.15) is 5.44 Å². The van der Waals surface area contributed by atoms with E-state index in [0.29, 0.717) is 18.7 Å². The Hall–Kier alpha value is -0.310. The van der Waals surface area contributed by atoms with Gasteiger partial charge < -0.3 is 13.9 Å². The van der Waals surface area contributed by atoms with Crippen molar-refractivity contribution in [2.45, 2.75) is 27.2 Å². The molecule has 0 fully saturated rings. The maximum absolute atomic E-state index is 12.4. The van der Waals surface area contributed by atoms with Crippen LogP contribution in [0.15, 0.2) is 11.5 Å². The van der Waals surface area contributed by atoms with Crippen molar-refractivity contribution in [2.75, 3.05) is 27.3 Å². The van der Waals surface area contributed by atoms with Gasteiger partial charge in [-0.2, -0.15) is 0 Å². The third-order valence-electron chi connectivity index (χ3n) is 1.72. The molecule has 0 atom stereocenters. The molecule has 0 saturated heterocycles. The predicted molar refractivity (Wildman–Crippen MR) is 62.9 cm³/mol. The number of allylic oxidation sites excluding steroid dienone is 1. The van der Waals surface area contributed by atoms with Gasteiger partial charge in [-0.15, -0.1) is 0 Å². The molecule has 0 aromatic heterocycles. The van der Waals surface area contributed by atoms with Crippen LogP contribution in [-0.2, 0) is 13.6 Å². The second-order valence-corrected chi connectivity index (χ2v) is 5.17. The lowest BCUT2D eigenvalue weighted by molar-refractivity contribution is 0.219. The zero-order chi connectivity index (χ0) is 11.9. The molecule has 0 heterocycles. The average Bonchev–Trinajstić information content (AvgIpc) is 2.14. The quantitative estimate of drug-likeness (QED) is 0.636. The Morgan fingerprint density at radius 3 is 1.93 bits per heavy atom. The van der Waals surface area contributed by atoms with E-state index < -0.39 is 7.60 Å². The molecule has 5 heteroatoms. The number of hydrogen-bond acceptors (Lipinski definition) is 4. The van der Waals surface area contributed by atoms with Gasteiger partial charge in [0, 0.05) is 14.1 Å². The van der Waals surface area contributed by atoms with Crippen molar-refractivity contribution < 1.29 is 13.6 Å². The lowest BCUT2D eigenvalue weighted by Crippen LogP contribution is -2.14. The van der Waals surface area contributed by atoms with Crippen molar-refractivity contribution in [3.63, 3.8) is 0 Å². The third-order valence-corrected chi connectivity index (χ3v) is 4.06. The summed E-state index contributed by atoms with van der Waals surface area (Å²) in [6, 6.07) is 0. The lowest BCUT2D eigenvalue weighted by atomic mass is 10.5. The minimum Gasteiger partial charge on any atom is -0.371 e. The van der Waals surface area contributed by atoms with Crippen molar-refractivity contribution in [2.24, 2.45) is 0 Å². The maximum atomic E-state index is 12.4. The Morgan fingerprint density at radius 2 is 1.67 bits per heavy atom. The summed E-state index contributed by atoms with van der Waals surface area (Å²) in [6.07, 6.45) is 2.68. The molecule has 90 valence electrons. The average molecular weight is 235 g/mol. The van der Waals surface area contributed by atoms with Gasteiger partial charge in [-0.1, -0.05) is 13.0 Å². The van der Waals surface area contributed by atoms with Crippen LogP contribution >= 0.6 is 7.60 Å². The van der Waals surface area contributed by atoms with Gasteiger partial charge in [0.2, 0.25) is 0 Å². The second-order valence-electron chi connectivity index (χ2n) is 3.20. The van der Waals surface area contributed by atoms with E-state index in [4.69, 9.17) is 9.05 Å². The molecule has 0 rings (SSSR count). The van der Waals surface area contributed by atoms with E-state index >= 15 is 0 Å². The Bertz CT molecular complexity index is 241. The van der Waals surface area contributed by atoms with Crippen LogP contribution in [0.3, 0.4) is 0 Å². The Morgan fingerprint density at radius 1 is 1.20 bits per heavy atom. The van der Waals surface area contributed by atoms with Crippen molar-refractivity contribution in [1.29, 1.82) is 0 Å². The fraction of sp³-hybridized carbons (Fsp3) is 0.800. The first-order valence-corrected chi connectivity index (χ1v) is 6.83. The topological polar surface area (TPSA) is 38.8 Å². The van der Waals surface area contributed by atoms with Crippen LogP contribution in [0.4, 0.5) is 0 Å². The van der Waals surface area contributed by atoms with Crippen LogP contribution in [0.2, 0.25) is 0 Å². The Kier molecular flexibility index (Phi) is 6.90. The number of nitrogens with zero attached hydrogens (tertiary/aromatic N) is 1. The van der Waals surface area contributed by atoms with Gasteiger partial charge in [0.25, 0.3) is 0 Å². The number of hydrogen-bond donors (Lipinski definition) is 0. The summed E-state index contributed by atoms with van der Waals surface area (Å²) in [7, 11) is 0.564. The summed E-state index contributed by atoms with van der Waals surface area (Å²) in [5.74, 6) is 0. The molecule has 0 unspecified atom stereocenters. The van der Waals surface area contributed by atoms with Gasteiger partial charge in [0.15, 0.2) is 0 Å². The molecule has 4 nitrogen and oxygen atoms in total. The third kappa shape index (κ3) is 4.37. The van der Waals surface area contributed by atoms with E-state index in [0.717, 1.165) is 6.42 Å². The Labute approximate surface area is 92.8 Å². The van der Waals surface area contributed by atoms with Crippen LogP contribution in [0.25, 0.3) is 0 Å². The zero-order valence-corrected chi connectivity index (χ0v) is 11.2. The molecule has 0 aliphatic carbocycles. The molecule has 0 bridgehead atoms. The Balaban J connectivity index is 5.00. The summed E-state index contributed by atoms with van der Waals surface area (Å²) in [5.41, 5.74) is 0.633.